The van der Waals surface area contributed by atoms with Gasteiger partial charge in [-0.3, -0.25) is 15.6 Å². The highest BCUT2D eigenvalue weighted by molar-refractivity contribution is 7.80. The molecule has 0 aromatic heterocycles. The summed E-state index contributed by atoms with van der Waals surface area (Å²) in [6, 6.07) is 12.7. The minimum absolute atomic E-state index is 0.274. The third-order valence-electron chi connectivity index (χ3n) is 3.01. The smallest absolute Gasteiger partial charge is 0.269 e. The monoisotopic (exact) mass is 333 g/mol. The average molecular weight is 333 g/mol. The highest BCUT2D eigenvalue weighted by Crippen LogP contribution is 2.10. The molecule has 0 unspecified atom stereocenters. The summed E-state index contributed by atoms with van der Waals surface area (Å²) >= 11 is 5.07. The van der Waals surface area contributed by atoms with Crippen LogP contribution in [0.4, 0.5) is 4.39 Å². The molecule has 0 aliphatic heterocycles. The van der Waals surface area contributed by atoms with E-state index in [4.69, 9.17) is 17.0 Å². The van der Waals surface area contributed by atoms with Gasteiger partial charge in [-0.25, -0.2) is 4.39 Å². The number of rotatable bonds is 4. The maximum absolute atomic E-state index is 12.8. The van der Waals surface area contributed by atoms with Crippen molar-refractivity contribution in [2.24, 2.45) is 0 Å². The number of carbonyl (C=O) groups excluding carboxylic acids is 1. The fourth-order valence-corrected chi connectivity index (χ4v) is 1.88. The standard InChI is InChI=1S/C16H16FN3O2S/c1-22-14-8-2-11(3-9-14)10-18-16(23)20-19-15(21)12-4-6-13(17)7-5-12/h2-9H,10H2,1H3,(H,19,21)(H2,18,20,23). The van der Waals surface area contributed by atoms with Gasteiger partial charge >= 0.3 is 0 Å². The Morgan fingerprint density at radius 3 is 2.35 bits per heavy atom. The van der Waals surface area contributed by atoms with Crippen molar-refractivity contribution < 1.29 is 13.9 Å². The molecular weight excluding hydrogens is 317 g/mol. The summed E-state index contributed by atoms with van der Waals surface area (Å²) < 4.78 is 17.9. The quantitative estimate of drug-likeness (QED) is 0.591. The second kappa shape index (κ2) is 8.09. The molecule has 0 saturated carbocycles. The van der Waals surface area contributed by atoms with Crippen LogP contribution in [0.15, 0.2) is 48.5 Å². The van der Waals surface area contributed by atoms with Gasteiger partial charge in [-0.2, -0.15) is 0 Å². The molecule has 0 heterocycles. The Hall–Kier alpha value is -2.67. The number of ether oxygens (including phenoxy) is 1. The lowest BCUT2D eigenvalue weighted by molar-refractivity contribution is 0.0943. The van der Waals surface area contributed by atoms with Gasteiger partial charge in [-0.15, -0.1) is 0 Å². The first-order valence-corrected chi connectivity index (χ1v) is 7.22. The number of hydrogen-bond donors (Lipinski definition) is 3. The molecule has 7 heteroatoms. The zero-order chi connectivity index (χ0) is 16.7. The van der Waals surface area contributed by atoms with Crippen LogP contribution in [-0.4, -0.2) is 18.1 Å². The number of nitrogens with one attached hydrogen (secondary N) is 3. The molecule has 2 aromatic carbocycles. The summed E-state index contributed by atoms with van der Waals surface area (Å²) in [5.74, 6) is -0.0224. The van der Waals surface area contributed by atoms with Crippen LogP contribution in [-0.2, 0) is 6.54 Å². The van der Waals surface area contributed by atoms with Gasteiger partial charge in [-0.05, 0) is 54.2 Å². The van der Waals surface area contributed by atoms with Crippen LogP contribution in [0.25, 0.3) is 0 Å². The number of amides is 1. The first kappa shape index (κ1) is 16.7. The van der Waals surface area contributed by atoms with Gasteiger partial charge in [0.05, 0.1) is 7.11 Å². The van der Waals surface area contributed by atoms with Crippen molar-refractivity contribution in [2.75, 3.05) is 7.11 Å². The molecule has 1 amide bonds. The highest BCUT2D eigenvalue weighted by atomic mass is 32.1. The van der Waals surface area contributed by atoms with Gasteiger partial charge in [0.2, 0.25) is 0 Å². The second-order valence-corrected chi connectivity index (χ2v) is 5.03. The number of thiocarbonyl (C=S) groups is 1. The van der Waals surface area contributed by atoms with E-state index in [0.717, 1.165) is 11.3 Å². The fourth-order valence-electron chi connectivity index (χ4n) is 1.76. The van der Waals surface area contributed by atoms with Crippen LogP contribution in [0, 0.1) is 5.82 Å². The Balaban J connectivity index is 1.76. The largest absolute Gasteiger partial charge is 0.497 e. The molecule has 0 radical (unpaired) electrons. The molecular formula is C16H16FN3O2S. The van der Waals surface area contributed by atoms with E-state index in [1.807, 2.05) is 24.3 Å². The van der Waals surface area contributed by atoms with Gasteiger partial charge in [0, 0.05) is 12.1 Å². The lowest BCUT2D eigenvalue weighted by Gasteiger charge is -2.12. The van der Waals surface area contributed by atoms with Crippen molar-refractivity contribution in [2.45, 2.75) is 6.54 Å². The first-order chi connectivity index (χ1) is 11.1. The van der Waals surface area contributed by atoms with Crippen LogP contribution >= 0.6 is 12.2 Å². The molecule has 23 heavy (non-hydrogen) atoms. The molecule has 0 fully saturated rings. The molecule has 5 nitrogen and oxygen atoms in total. The molecule has 0 atom stereocenters. The van der Waals surface area contributed by atoms with Crippen LogP contribution in [0.1, 0.15) is 15.9 Å². The molecule has 0 spiro atoms. The zero-order valence-corrected chi connectivity index (χ0v) is 13.2. The predicted molar refractivity (Wildman–Crippen MR) is 89.4 cm³/mol. The Bertz CT molecular complexity index is 675. The summed E-state index contributed by atoms with van der Waals surface area (Å²) in [7, 11) is 1.61. The molecule has 0 aliphatic rings. The lowest BCUT2D eigenvalue weighted by Crippen LogP contribution is -2.46. The summed E-state index contributed by atoms with van der Waals surface area (Å²) in [5.41, 5.74) is 6.37. The maximum Gasteiger partial charge on any atom is 0.269 e. The summed E-state index contributed by atoms with van der Waals surface area (Å²) in [6.45, 7) is 0.502. The second-order valence-electron chi connectivity index (χ2n) is 4.62. The van der Waals surface area contributed by atoms with Crippen LogP contribution in [0.3, 0.4) is 0 Å². The topological polar surface area (TPSA) is 62.4 Å². The number of benzene rings is 2. The minimum Gasteiger partial charge on any atom is -0.497 e. The fraction of sp³-hybridized carbons (Fsp3) is 0.125. The molecule has 120 valence electrons. The average Bonchev–Trinajstić information content (AvgIpc) is 2.59. The van der Waals surface area contributed by atoms with Crippen LogP contribution in [0.5, 0.6) is 5.75 Å². The van der Waals surface area contributed by atoms with E-state index in [1.165, 1.54) is 24.3 Å². The molecule has 2 rings (SSSR count). The number of carbonyl (C=O) groups is 1. The van der Waals surface area contributed by atoms with Crippen LogP contribution in [0.2, 0.25) is 0 Å². The molecule has 2 aromatic rings. The van der Waals surface area contributed by atoms with E-state index in [-0.39, 0.29) is 5.11 Å². The van der Waals surface area contributed by atoms with Gasteiger partial charge in [0.1, 0.15) is 11.6 Å². The van der Waals surface area contributed by atoms with Gasteiger partial charge in [-0.1, -0.05) is 12.1 Å². The van der Waals surface area contributed by atoms with Gasteiger partial charge < -0.3 is 10.1 Å². The van der Waals surface area contributed by atoms with E-state index in [0.29, 0.717) is 12.1 Å². The van der Waals surface area contributed by atoms with Crippen molar-refractivity contribution in [3.05, 3.63) is 65.5 Å². The van der Waals surface area contributed by atoms with E-state index in [2.05, 4.69) is 16.2 Å². The Kier molecular flexibility index (Phi) is 5.87. The highest BCUT2D eigenvalue weighted by Gasteiger charge is 2.05. The number of hydrogen-bond acceptors (Lipinski definition) is 3. The normalized spacial score (nSPS) is 9.83. The van der Waals surface area contributed by atoms with Gasteiger partial charge in [0.25, 0.3) is 5.91 Å². The number of hydrazine groups is 1. The van der Waals surface area contributed by atoms with E-state index in [1.54, 1.807) is 7.11 Å². The number of halogens is 1. The van der Waals surface area contributed by atoms with Crippen molar-refractivity contribution in [1.82, 2.24) is 16.2 Å². The molecule has 3 N–H and O–H groups in total. The lowest BCUT2D eigenvalue weighted by atomic mass is 10.2. The predicted octanol–water partition coefficient (Wildman–Crippen LogP) is 2.14. The van der Waals surface area contributed by atoms with Crippen molar-refractivity contribution in [3.63, 3.8) is 0 Å². The third-order valence-corrected chi connectivity index (χ3v) is 3.25. The minimum atomic E-state index is -0.404. The number of methoxy groups -OCH3 is 1. The van der Waals surface area contributed by atoms with Crippen LogP contribution < -0.4 is 20.9 Å². The van der Waals surface area contributed by atoms with Crippen molar-refractivity contribution in [1.29, 1.82) is 0 Å². The first-order valence-electron chi connectivity index (χ1n) is 6.81. The Morgan fingerprint density at radius 1 is 1.09 bits per heavy atom. The van der Waals surface area contributed by atoms with Gasteiger partial charge in [0.15, 0.2) is 5.11 Å². The summed E-state index contributed by atoms with van der Waals surface area (Å²) in [5, 5.41) is 3.23. The third kappa shape index (κ3) is 5.23. The Morgan fingerprint density at radius 2 is 1.74 bits per heavy atom. The SMILES string of the molecule is COc1ccc(CNC(=S)NNC(=O)c2ccc(F)cc2)cc1. The van der Waals surface area contributed by atoms with E-state index in [9.17, 15) is 9.18 Å². The Labute approximate surface area is 138 Å². The summed E-state index contributed by atoms with van der Waals surface area (Å²) in [4.78, 5) is 11.8. The zero-order valence-electron chi connectivity index (χ0n) is 12.4. The van der Waals surface area contributed by atoms with Crippen molar-refractivity contribution in [3.8, 4) is 5.75 Å². The molecule has 0 saturated heterocycles. The maximum atomic E-state index is 12.8. The molecule has 0 bridgehead atoms. The van der Waals surface area contributed by atoms with Crippen molar-refractivity contribution >= 4 is 23.2 Å². The van der Waals surface area contributed by atoms with E-state index >= 15 is 0 Å². The molecule has 0 aliphatic carbocycles. The van der Waals surface area contributed by atoms with E-state index < -0.39 is 11.7 Å². The summed E-state index contributed by atoms with van der Waals surface area (Å²) in [6.07, 6.45) is 0.